The van der Waals surface area contributed by atoms with Crippen LogP contribution in [-0.2, 0) is 0 Å². The van der Waals surface area contributed by atoms with Gasteiger partial charge in [-0.1, -0.05) is 42.5 Å². The molecule has 2 N–H and O–H groups in total. The zero-order valence-electron chi connectivity index (χ0n) is 9.30. The van der Waals surface area contributed by atoms with Crippen molar-refractivity contribution in [2.24, 2.45) is 0 Å². The van der Waals surface area contributed by atoms with Gasteiger partial charge in [-0.2, -0.15) is 0 Å². The van der Waals surface area contributed by atoms with Crippen molar-refractivity contribution < 1.29 is 5.11 Å². The van der Waals surface area contributed by atoms with Crippen molar-refractivity contribution in [3.8, 4) is 5.75 Å². The van der Waals surface area contributed by atoms with Crippen molar-refractivity contribution >= 4 is 18.4 Å². The molecule has 2 nitrogen and oxygen atoms in total. The summed E-state index contributed by atoms with van der Waals surface area (Å²) < 4.78 is 0. The van der Waals surface area contributed by atoms with Crippen molar-refractivity contribution in [1.82, 2.24) is 0 Å². The molecule has 0 heterocycles. The molecule has 0 aliphatic heterocycles. The summed E-state index contributed by atoms with van der Waals surface area (Å²) in [6, 6.07) is 14.8. The van der Waals surface area contributed by atoms with Crippen molar-refractivity contribution in [1.29, 1.82) is 5.41 Å². The largest absolute Gasteiger partial charge is 0.508 e. The lowest BCUT2D eigenvalue weighted by atomic mass is 10.1. The third-order valence-corrected chi connectivity index (χ3v) is 2.42. The molecule has 17 heavy (non-hydrogen) atoms. The molecule has 0 unspecified atom stereocenters. The molecule has 0 aromatic heterocycles. The van der Waals surface area contributed by atoms with Gasteiger partial charge in [0.25, 0.3) is 0 Å². The predicted octanol–water partition coefficient (Wildman–Crippen LogP) is 3.56. The summed E-state index contributed by atoms with van der Waals surface area (Å²) >= 11 is 0. The second kappa shape index (κ2) is 5.12. The van der Waals surface area contributed by atoms with Crippen LogP contribution in [-0.4, -0.2) is 11.3 Å². The van der Waals surface area contributed by atoms with E-state index in [1.807, 2.05) is 48.6 Å². The Balaban J connectivity index is 2.22. The number of nitrogens with one attached hydrogen (secondary N) is 1. The quantitative estimate of drug-likeness (QED) is 0.606. The Bertz CT molecular complexity index is 558. The average Bonchev–Trinajstić information content (AvgIpc) is 2.37. The minimum atomic E-state index is 0.264. The molecular weight excluding hydrogens is 210 g/mol. The van der Waals surface area contributed by atoms with E-state index in [-0.39, 0.29) is 5.75 Å². The number of hydrogen-bond donors (Lipinski definition) is 2. The SMILES string of the molecule is N=Cc1cccc(/C=C/c2cccc(O)c2)c1. The fourth-order valence-corrected chi connectivity index (χ4v) is 1.57. The van der Waals surface area contributed by atoms with Gasteiger partial charge in [0.1, 0.15) is 5.75 Å². The second-order valence-electron chi connectivity index (χ2n) is 3.74. The van der Waals surface area contributed by atoms with E-state index in [0.717, 1.165) is 16.7 Å². The number of benzene rings is 2. The molecule has 2 aromatic carbocycles. The molecule has 2 aromatic rings. The minimum absolute atomic E-state index is 0.264. The summed E-state index contributed by atoms with van der Waals surface area (Å²) in [6.07, 6.45) is 5.22. The Labute approximate surface area is 100 Å². The molecule has 0 atom stereocenters. The maximum atomic E-state index is 9.33. The Morgan fingerprint density at radius 3 is 2.06 bits per heavy atom. The Hall–Kier alpha value is -2.35. The topological polar surface area (TPSA) is 44.1 Å². The zero-order valence-corrected chi connectivity index (χ0v) is 9.30. The first-order valence-corrected chi connectivity index (χ1v) is 5.35. The third kappa shape index (κ3) is 3.05. The summed E-state index contributed by atoms with van der Waals surface area (Å²) in [5, 5.41) is 16.5. The van der Waals surface area contributed by atoms with Crippen LogP contribution in [0, 0.1) is 5.41 Å². The molecule has 0 bridgehead atoms. The molecule has 0 aliphatic carbocycles. The molecule has 84 valence electrons. The Morgan fingerprint density at radius 1 is 0.824 bits per heavy atom. The summed E-state index contributed by atoms with van der Waals surface area (Å²) in [5.41, 5.74) is 2.86. The van der Waals surface area contributed by atoms with Crippen LogP contribution in [0.25, 0.3) is 12.2 Å². The number of aromatic hydroxyl groups is 1. The van der Waals surface area contributed by atoms with Gasteiger partial charge in [0.2, 0.25) is 0 Å². The van der Waals surface area contributed by atoms with E-state index >= 15 is 0 Å². The van der Waals surface area contributed by atoms with Crippen molar-refractivity contribution in [3.05, 3.63) is 65.2 Å². The molecular formula is C15H13NO. The van der Waals surface area contributed by atoms with Gasteiger partial charge >= 0.3 is 0 Å². The highest BCUT2D eigenvalue weighted by molar-refractivity contribution is 5.79. The number of phenolic OH excluding ortho intramolecular Hbond substituents is 1. The molecule has 0 radical (unpaired) electrons. The number of rotatable bonds is 3. The molecule has 2 heteroatoms. The van der Waals surface area contributed by atoms with Gasteiger partial charge in [0.15, 0.2) is 0 Å². The highest BCUT2D eigenvalue weighted by atomic mass is 16.3. The number of hydrogen-bond acceptors (Lipinski definition) is 2. The Kier molecular flexibility index (Phi) is 3.36. The van der Waals surface area contributed by atoms with Gasteiger partial charge < -0.3 is 10.5 Å². The van der Waals surface area contributed by atoms with Crippen LogP contribution in [0.15, 0.2) is 48.5 Å². The maximum Gasteiger partial charge on any atom is 0.116 e. The maximum absolute atomic E-state index is 9.33. The molecule has 0 saturated carbocycles. The van der Waals surface area contributed by atoms with E-state index in [1.54, 1.807) is 12.1 Å². The summed E-state index contributed by atoms with van der Waals surface area (Å²) in [4.78, 5) is 0. The normalized spacial score (nSPS) is 10.6. The van der Waals surface area contributed by atoms with Crippen LogP contribution in [0.5, 0.6) is 5.75 Å². The van der Waals surface area contributed by atoms with E-state index in [1.165, 1.54) is 6.21 Å². The lowest BCUT2D eigenvalue weighted by Crippen LogP contribution is -1.80. The summed E-state index contributed by atoms with van der Waals surface area (Å²) in [5.74, 6) is 0.264. The minimum Gasteiger partial charge on any atom is -0.508 e. The number of phenols is 1. The van der Waals surface area contributed by atoms with E-state index in [4.69, 9.17) is 5.41 Å². The van der Waals surface area contributed by atoms with Crippen LogP contribution >= 0.6 is 0 Å². The van der Waals surface area contributed by atoms with Gasteiger partial charge in [0, 0.05) is 6.21 Å². The fraction of sp³-hybridized carbons (Fsp3) is 0. The van der Waals surface area contributed by atoms with Crippen molar-refractivity contribution in [2.75, 3.05) is 0 Å². The first-order chi connectivity index (χ1) is 8.28. The highest BCUT2D eigenvalue weighted by Crippen LogP contribution is 2.14. The third-order valence-electron chi connectivity index (χ3n) is 2.42. The van der Waals surface area contributed by atoms with Gasteiger partial charge in [-0.15, -0.1) is 0 Å². The van der Waals surface area contributed by atoms with E-state index in [2.05, 4.69) is 0 Å². The van der Waals surface area contributed by atoms with Crippen LogP contribution in [0.1, 0.15) is 16.7 Å². The first-order valence-electron chi connectivity index (χ1n) is 5.35. The van der Waals surface area contributed by atoms with E-state index < -0.39 is 0 Å². The van der Waals surface area contributed by atoms with Crippen molar-refractivity contribution in [2.45, 2.75) is 0 Å². The average molecular weight is 223 g/mol. The van der Waals surface area contributed by atoms with Crippen LogP contribution in [0.2, 0.25) is 0 Å². The first kappa shape index (κ1) is 11.1. The molecule has 0 aliphatic rings. The molecule has 0 saturated heterocycles. The van der Waals surface area contributed by atoms with Crippen LogP contribution in [0.3, 0.4) is 0 Å². The molecule has 0 amide bonds. The zero-order chi connectivity index (χ0) is 12.1. The lowest BCUT2D eigenvalue weighted by Gasteiger charge is -1.97. The lowest BCUT2D eigenvalue weighted by molar-refractivity contribution is 0.475. The second-order valence-corrected chi connectivity index (χ2v) is 3.74. The summed E-state index contributed by atoms with van der Waals surface area (Å²) in [7, 11) is 0. The predicted molar refractivity (Wildman–Crippen MR) is 71.4 cm³/mol. The van der Waals surface area contributed by atoms with Gasteiger partial charge in [-0.25, -0.2) is 0 Å². The van der Waals surface area contributed by atoms with Crippen LogP contribution in [0.4, 0.5) is 0 Å². The molecule has 2 rings (SSSR count). The van der Waals surface area contributed by atoms with Gasteiger partial charge in [-0.3, -0.25) is 0 Å². The fourth-order valence-electron chi connectivity index (χ4n) is 1.57. The van der Waals surface area contributed by atoms with E-state index in [9.17, 15) is 5.11 Å². The smallest absolute Gasteiger partial charge is 0.116 e. The Morgan fingerprint density at radius 2 is 1.41 bits per heavy atom. The molecule has 0 spiro atoms. The van der Waals surface area contributed by atoms with Crippen molar-refractivity contribution in [3.63, 3.8) is 0 Å². The van der Waals surface area contributed by atoms with Crippen LogP contribution < -0.4 is 0 Å². The summed E-state index contributed by atoms with van der Waals surface area (Å²) in [6.45, 7) is 0. The monoisotopic (exact) mass is 223 g/mol. The highest BCUT2D eigenvalue weighted by Gasteiger charge is 1.91. The van der Waals surface area contributed by atoms with E-state index in [0.29, 0.717) is 0 Å². The molecule has 0 fully saturated rings. The standard InChI is InChI=1S/C15H13NO/c16-11-14-5-1-3-12(9-14)7-8-13-4-2-6-15(17)10-13/h1-11,16-17H/b8-7+,16-11?. The van der Waals surface area contributed by atoms with Gasteiger partial charge in [0.05, 0.1) is 0 Å². The van der Waals surface area contributed by atoms with Gasteiger partial charge in [-0.05, 0) is 34.9 Å².